The molecule has 31 heavy (non-hydrogen) atoms. The molecule has 0 radical (unpaired) electrons. The molecule has 3 aromatic rings. The van der Waals surface area contributed by atoms with Crippen LogP contribution in [-0.4, -0.2) is 20.4 Å². The molecule has 3 aromatic carbocycles. The topological polar surface area (TPSA) is 84.5 Å². The lowest BCUT2D eigenvalue weighted by atomic mass is 10.2. The van der Waals surface area contributed by atoms with Gasteiger partial charge in [0.05, 0.1) is 4.90 Å². The summed E-state index contributed by atoms with van der Waals surface area (Å²) >= 11 is 0. The van der Waals surface area contributed by atoms with E-state index in [0.29, 0.717) is 17.9 Å². The molecule has 0 aromatic heterocycles. The lowest BCUT2D eigenvalue weighted by Crippen LogP contribution is -2.32. The average molecular weight is 439 g/mol. The first-order chi connectivity index (χ1) is 14.9. The van der Waals surface area contributed by atoms with Crippen molar-refractivity contribution < 1.29 is 17.9 Å². The van der Waals surface area contributed by atoms with Crippen molar-refractivity contribution in [3.63, 3.8) is 0 Å². The molecule has 0 unspecified atom stereocenters. The zero-order chi connectivity index (χ0) is 22.3. The Kier molecular flexibility index (Phi) is 7.44. The van der Waals surface area contributed by atoms with Crippen molar-refractivity contribution in [2.45, 2.75) is 37.8 Å². The molecule has 0 aliphatic rings. The third-order valence-corrected chi connectivity index (χ3v) is 6.09. The van der Waals surface area contributed by atoms with Crippen LogP contribution in [0, 0.1) is 6.92 Å². The lowest BCUT2D eigenvalue weighted by molar-refractivity contribution is -0.122. The third-order valence-electron chi connectivity index (χ3n) is 4.67. The van der Waals surface area contributed by atoms with Gasteiger partial charge in [0, 0.05) is 12.2 Å². The van der Waals surface area contributed by atoms with Crippen LogP contribution >= 0.6 is 0 Å². The van der Waals surface area contributed by atoms with Gasteiger partial charge in [0.1, 0.15) is 5.75 Å². The second-order valence-corrected chi connectivity index (χ2v) is 8.92. The van der Waals surface area contributed by atoms with Crippen LogP contribution < -0.4 is 14.8 Å². The van der Waals surface area contributed by atoms with E-state index < -0.39 is 16.1 Å². The summed E-state index contributed by atoms with van der Waals surface area (Å²) in [5.74, 6) is 0.342. The summed E-state index contributed by atoms with van der Waals surface area (Å²) in [4.78, 5) is 12.7. The molecule has 0 saturated heterocycles. The summed E-state index contributed by atoms with van der Waals surface area (Å²) in [6, 6.07) is 22.9. The van der Waals surface area contributed by atoms with Gasteiger partial charge in [-0.05, 0) is 60.9 Å². The number of aryl methyl sites for hydroxylation is 1. The predicted molar refractivity (Wildman–Crippen MR) is 121 cm³/mol. The highest BCUT2D eigenvalue weighted by atomic mass is 32.2. The smallest absolute Gasteiger partial charge is 0.265 e. The van der Waals surface area contributed by atoms with Gasteiger partial charge in [-0.3, -0.25) is 4.79 Å². The Balaban J connectivity index is 1.61. The molecule has 0 heterocycles. The highest BCUT2D eigenvalue weighted by molar-refractivity contribution is 7.89. The molecule has 0 saturated carbocycles. The summed E-state index contributed by atoms with van der Waals surface area (Å²) < 4.78 is 33.4. The Morgan fingerprint density at radius 2 is 1.68 bits per heavy atom. The summed E-state index contributed by atoms with van der Waals surface area (Å²) in [6.07, 6.45) is -0.159. The van der Waals surface area contributed by atoms with E-state index in [1.807, 2.05) is 68.4 Å². The summed E-state index contributed by atoms with van der Waals surface area (Å²) in [6.45, 7) is 4.03. The SMILES string of the molecule is CC[C@@H](Oc1cccc(C)c1)C(=O)Nc1ccc(S(=O)(=O)NCc2ccccc2)cc1. The first-order valence-corrected chi connectivity index (χ1v) is 11.5. The summed E-state index contributed by atoms with van der Waals surface area (Å²) in [5, 5.41) is 2.79. The number of anilines is 1. The third kappa shape index (κ3) is 6.41. The molecule has 2 N–H and O–H groups in total. The minimum atomic E-state index is -3.66. The molecule has 0 fully saturated rings. The van der Waals surface area contributed by atoms with Crippen molar-refractivity contribution in [2.75, 3.05) is 5.32 Å². The maximum absolute atomic E-state index is 12.6. The Morgan fingerprint density at radius 1 is 0.968 bits per heavy atom. The molecule has 0 bridgehead atoms. The molecule has 162 valence electrons. The fraction of sp³-hybridized carbons (Fsp3) is 0.208. The van der Waals surface area contributed by atoms with Gasteiger partial charge in [0.25, 0.3) is 5.91 Å². The number of sulfonamides is 1. The van der Waals surface area contributed by atoms with E-state index in [-0.39, 0.29) is 17.3 Å². The van der Waals surface area contributed by atoms with Gasteiger partial charge < -0.3 is 10.1 Å². The van der Waals surface area contributed by atoms with E-state index in [1.54, 1.807) is 12.1 Å². The zero-order valence-corrected chi connectivity index (χ0v) is 18.4. The second kappa shape index (κ2) is 10.2. The molecular formula is C24H26N2O4S. The van der Waals surface area contributed by atoms with Gasteiger partial charge in [-0.1, -0.05) is 49.4 Å². The molecule has 7 heteroatoms. The molecular weight excluding hydrogens is 412 g/mol. The molecule has 1 atom stereocenters. The predicted octanol–water partition coefficient (Wildman–Crippen LogP) is 4.27. The normalized spacial score (nSPS) is 12.2. The van der Waals surface area contributed by atoms with Crippen molar-refractivity contribution in [1.29, 1.82) is 0 Å². The van der Waals surface area contributed by atoms with Crippen LogP contribution in [0.25, 0.3) is 0 Å². The largest absolute Gasteiger partial charge is 0.481 e. The van der Waals surface area contributed by atoms with Crippen molar-refractivity contribution in [3.05, 3.63) is 90.0 Å². The van der Waals surface area contributed by atoms with Gasteiger partial charge in [0.2, 0.25) is 10.0 Å². The first kappa shape index (κ1) is 22.5. The number of carbonyl (C=O) groups excluding carboxylic acids is 1. The average Bonchev–Trinajstić information content (AvgIpc) is 2.77. The number of ether oxygens (including phenoxy) is 1. The Labute approximate surface area is 183 Å². The van der Waals surface area contributed by atoms with E-state index in [4.69, 9.17) is 4.74 Å². The number of carbonyl (C=O) groups is 1. The van der Waals surface area contributed by atoms with Gasteiger partial charge in [-0.2, -0.15) is 0 Å². The zero-order valence-electron chi connectivity index (χ0n) is 17.5. The quantitative estimate of drug-likeness (QED) is 0.523. The van der Waals surface area contributed by atoms with Gasteiger partial charge in [0.15, 0.2) is 6.10 Å². The number of hydrogen-bond donors (Lipinski definition) is 2. The van der Waals surface area contributed by atoms with E-state index in [1.165, 1.54) is 12.1 Å². The van der Waals surface area contributed by atoms with E-state index in [2.05, 4.69) is 10.0 Å². The number of nitrogens with one attached hydrogen (secondary N) is 2. The fourth-order valence-corrected chi connectivity index (χ4v) is 3.99. The van der Waals surface area contributed by atoms with Gasteiger partial charge in [-0.15, -0.1) is 0 Å². The van der Waals surface area contributed by atoms with E-state index in [9.17, 15) is 13.2 Å². The molecule has 0 spiro atoms. The lowest BCUT2D eigenvalue weighted by Gasteiger charge is -2.17. The maximum Gasteiger partial charge on any atom is 0.265 e. The molecule has 6 nitrogen and oxygen atoms in total. The second-order valence-electron chi connectivity index (χ2n) is 7.16. The standard InChI is InChI=1S/C24H26N2O4S/c1-3-23(30-21-11-7-8-18(2)16-21)24(27)26-20-12-14-22(15-13-20)31(28,29)25-17-19-9-5-4-6-10-19/h4-16,23,25H,3,17H2,1-2H3,(H,26,27)/t23-/m1/s1. The number of benzene rings is 3. The Hall–Kier alpha value is -3.16. The van der Waals surface area contributed by atoms with Crippen LogP contribution in [0.3, 0.4) is 0 Å². The number of hydrogen-bond acceptors (Lipinski definition) is 4. The highest BCUT2D eigenvalue weighted by Gasteiger charge is 2.19. The van der Waals surface area contributed by atoms with Crippen LogP contribution in [0.15, 0.2) is 83.8 Å². The summed E-state index contributed by atoms with van der Waals surface area (Å²) in [5.41, 5.74) is 2.41. The fourth-order valence-electron chi connectivity index (χ4n) is 2.97. The van der Waals surface area contributed by atoms with Crippen molar-refractivity contribution in [3.8, 4) is 5.75 Å². The van der Waals surface area contributed by atoms with Crippen LogP contribution in [0.2, 0.25) is 0 Å². The Morgan fingerprint density at radius 3 is 2.32 bits per heavy atom. The minimum Gasteiger partial charge on any atom is -0.481 e. The minimum absolute atomic E-state index is 0.129. The van der Waals surface area contributed by atoms with Crippen LogP contribution in [0.4, 0.5) is 5.69 Å². The van der Waals surface area contributed by atoms with Crippen LogP contribution in [-0.2, 0) is 21.4 Å². The summed E-state index contributed by atoms with van der Waals surface area (Å²) in [7, 11) is -3.66. The van der Waals surface area contributed by atoms with Crippen LogP contribution in [0.1, 0.15) is 24.5 Å². The van der Waals surface area contributed by atoms with Crippen molar-refractivity contribution >= 4 is 21.6 Å². The number of rotatable bonds is 9. The van der Waals surface area contributed by atoms with Crippen LogP contribution in [0.5, 0.6) is 5.75 Å². The molecule has 3 rings (SSSR count). The van der Waals surface area contributed by atoms with Crippen molar-refractivity contribution in [2.24, 2.45) is 0 Å². The Bertz CT molecular complexity index is 1110. The van der Waals surface area contributed by atoms with Gasteiger partial charge >= 0.3 is 0 Å². The highest BCUT2D eigenvalue weighted by Crippen LogP contribution is 2.18. The first-order valence-electron chi connectivity index (χ1n) is 10.1. The van der Waals surface area contributed by atoms with E-state index >= 15 is 0 Å². The molecule has 1 amide bonds. The maximum atomic E-state index is 12.6. The monoisotopic (exact) mass is 438 g/mol. The number of amides is 1. The van der Waals surface area contributed by atoms with E-state index in [0.717, 1.165) is 11.1 Å². The molecule has 0 aliphatic heterocycles. The van der Waals surface area contributed by atoms with Gasteiger partial charge in [-0.25, -0.2) is 13.1 Å². The molecule has 0 aliphatic carbocycles. The van der Waals surface area contributed by atoms with Crippen molar-refractivity contribution in [1.82, 2.24) is 4.72 Å².